The number of amides is 1. The summed E-state index contributed by atoms with van der Waals surface area (Å²) < 4.78 is 24.9. The van der Waals surface area contributed by atoms with Gasteiger partial charge in [-0.25, -0.2) is 9.29 Å². The SMILES string of the molecule is COC(O)N1[C@@H](CCc2cc(NC(C)=O)cc(F)c2C)COC1(C)C. The highest BCUT2D eigenvalue weighted by Gasteiger charge is 2.44. The molecule has 140 valence electrons. The molecule has 1 unspecified atom stereocenters. The van der Waals surface area contributed by atoms with Crippen molar-refractivity contribution in [2.24, 2.45) is 0 Å². The van der Waals surface area contributed by atoms with E-state index in [0.717, 1.165) is 5.56 Å². The van der Waals surface area contributed by atoms with E-state index in [1.807, 2.05) is 13.8 Å². The lowest BCUT2D eigenvalue weighted by molar-refractivity contribution is -0.233. The molecule has 1 aromatic rings. The minimum absolute atomic E-state index is 0.0585. The summed E-state index contributed by atoms with van der Waals surface area (Å²) in [4.78, 5) is 13.0. The Morgan fingerprint density at radius 2 is 2.24 bits per heavy atom. The van der Waals surface area contributed by atoms with Gasteiger partial charge in [-0.3, -0.25) is 4.79 Å². The van der Waals surface area contributed by atoms with Crippen molar-refractivity contribution < 1.29 is 23.8 Å². The third-order valence-electron chi connectivity index (χ3n) is 4.61. The van der Waals surface area contributed by atoms with Gasteiger partial charge in [-0.2, -0.15) is 0 Å². The Labute approximate surface area is 147 Å². The summed E-state index contributed by atoms with van der Waals surface area (Å²) in [5, 5.41) is 12.7. The predicted molar refractivity (Wildman–Crippen MR) is 92.4 cm³/mol. The quantitative estimate of drug-likeness (QED) is 0.768. The molecule has 1 saturated heterocycles. The van der Waals surface area contributed by atoms with Crippen molar-refractivity contribution in [3.8, 4) is 0 Å². The van der Waals surface area contributed by atoms with Crippen molar-refractivity contribution in [3.63, 3.8) is 0 Å². The number of halogens is 1. The van der Waals surface area contributed by atoms with E-state index in [-0.39, 0.29) is 17.8 Å². The Hall–Kier alpha value is -1.54. The Bertz CT molecular complexity index is 636. The first kappa shape index (κ1) is 19.8. The summed E-state index contributed by atoms with van der Waals surface area (Å²) in [5.74, 6) is -0.590. The van der Waals surface area contributed by atoms with Crippen LogP contribution in [0.25, 0.3) is 0 Å². The number of hydrogen-bond donors (Lipinski definition) is 2. The zero-order chi connectivity index (χ0) is 18.8. The fourth-order valence-corrected chi connectivity index (χ4v) is 3.27. The average molecular weight is 354 g/mol. The van der Waals surface area contributed by atoms with Gasteiger partial charge in [0.25, 0.3) is 0 Å². The lowest BCUT2D eigenvalue weighted by Gasteiger charge is -2.36. The van der Waals surface area contributed by atoms with Gasteiger partial charge in [-0.1, -0.05) is 0 Å². The van der Waals surface area contributed by atoms with Crippen molar-refractivity contribution in [3.05, 3.63) is 29.1 Å². The van der Waals surface area contributed by atoms with E-state index in [1.165, 1.54) is 20.1 Å². The van der Waals surface area contributed by atoms with Crippen molar-refractivity contribution >= 4 is 11.6 Å². The maximum Gasteiger partial charge on any atom is 0.221 e. The first-order chi connectivity index (χ1) is 11.7. The molecule has 1 heterocycles. The Morgan fingerprint density at radius 3 is 2.84 bits per heavy atom. The second-order valence-electron chi connectivity index (χ2n) is 6.84. The molecule has 0 spiro atoms. The van der Waals surface area contributed by atoms with Crippen LogP contribution in [-0.4, -0.2) is 47.8 Å². The number of hydrogen-bond acceptors (Lipinski definition) is 5. The number of methoxy groups -OCH3 is 1. The van der Waals surface area contributed by atoms with Crippen molar-refractivity contribution in [1.82, 2.24) is 4.90 Å². The maximum absolute atomic E-state index is 14.1. The molecule has 2 rings (SSSR count). The molecule has 2 N–H and O–H groups in total. The van der Waals surface area contributed by atoms with Crippen molar-refractivity contribution in [2.45, 2.75) is 58.7 Å². The van der Waals surface area contributed by atoms with E-state index in [1.54, 1.807) is 17.9 Å². The van der Waals surface area contributed by atoms with Gasteiger partial charge in [0.05, 0.1) is 6.61 Å². The molecule has 0 aliphatic carbocycles. The van der Waals surface area contributed by atoms with Crippen LogP contribution >= 0.6 is 0 Å². The normalized spacial score (nSPS) is 21.3. The van der Waals surface area contributed by atoms with Gasteiger partial charge in [0.1, 0.15) is 11.5 Å². The standard InChI is InChI=1S/C18H27FN2O4/c1-11-13(8-14(9-16(11)19)20-12(2)22)6-7-15-10-25-18(3,4)21(15)17(23)24-5/h8-9,15,17,23H,6-7,10H2,1-5H3,(H,20,22)/t15-,17?/m0/s1. The van der Waals surface area contributed by atoms with Crippen LogP contribution in [0, 0.1) is 12.7 Å². The Kier molecular flexibility index (Phi) is 6.16. The number of anilines is 1. The average Bonchev–Trinajstić information content (AvgIpc) is 2.82. The third-order valence-corrected chi connectivity index (χ3v) is 4.61. The molecule has 25 heavy (non-hydrogen) atoms. The van der Waals surface area contributed by atoms with Crippen LogP contribution in [0.3, 0.4) is 0 Å². The first-order valence-electron chi connectivity index (χ1n) is 8.35. The first-order valence-corrected chi connectivity index (χ1v) is 8.35. The third kappa shape index (κ3) is 4.55. The van der Waals surface area contributed by atoms with Gasteiger partial charge >= 0.3 is 0 Å². The lowest BCUT2D eigenvalue weighted by atomic mass is 9.99. The molecule has 0 bridgehead atoms. The molecule has 0 aromatic heterocycles. The number of benzene rings is 1. The number of ether oxygens (including phenoxy) is 2. The van der Waals surface area contributed by atoms with Gasteiger partial charge in [0, 0.05) is 25.8 Å². The Balaban J connectivity index is 2.15. The fourth-order valence-electron chi connectivity index (χ4n) is 3.27. The highest BCUT2D eigenvalue weighted by atomic mass is 19.1. The molecule has 2 atom stereocenters. The fraction of sp³-hybridized carbons (Fsp3) is 0.611. The lowest BCUT2D eigenvalue weighted by Crippen LogP contribution is -2.51. The molecule has 1 fully saturated rings. The highest BCUT2D eigenvalue weighted by molar-refractivity contribution is 5.88. The zero-order valence-electron chi connectivity index (χ0n) is 15.4. The number of aliphatic hydroxyl groups excluding tert-OH is 1. The van der Waals surface area contributed by atoms with E-state index in [9.17, 15) is 14.3 Å². The van der Waals surface area contributed by atoms with E-state index < -0.39 is 12.1 Å². The Morgan fingerprint density at radius 1 is 1.56 bits per heavy atom. The molecule has 1 aromatic carbocycles. The monoisotopic (exact) mass is 354 g/mol. The molecule has 1 amide bonds. The van der Waals surface area contributed by atoms with E-state index in [2.05, 4.69) is 5.32 Å². The number of aryl methyl sites for hydroxylation is 1. The van der Waals surface area contributed by atoms with Gasteiger partial charge in [-0.05, 0) is 56.9 Å². The summed E-state index contributed by atoms with van der Waals surface area (Å²) in [6, 6.07) is 3.05. The van der Waals surface area contributed by atoms with E-state index in [4.69, 9.17) is 9.47 Å². The topological polar surface area (TPSA) is 71.0 Å². The second-order valence-corrected chi connectivity index (χ2v) is 6.84. The minimum atomic E-state index is -1.06. The number of nitrogens with one attached hydrogen (secondary N) is 1. The molecule has 1 aliphatic heterocycles. The smallest absolute Gasteiger partial charge is 0.221 e. The van der Waals surface area contributed by atoms with Crippen LogP contribution < -0.4 is 5.32 Å². The maximum atomic E-state index is 14.1. The van der Waals surface area contributed by atoms with Crippen LogP contribution in [0.2, 0.25) is 0 Å². The largest absolute Gasteiger partial charge is 0.359 e. The molecule has 6 nitrogen and oxygen atoms in total. The molecule has 7 heteroatoms. The molecular formula is C18H27FN2O4. The van der Waals surface area contributed by atoms with Crippen LogP contribution in [0.1, 0.15) is 38.3 Å². The summed E-state index contributed by atoms with van der Waals surface area (Å²) in [6.07, 6.45) is 0.187. The number of carbonyl (C=O) groups excluding carboxylic acids is 1. The summed E-state index contributed by atoms with van der Waals surface area (Å²) in [6.45, 7) is 7.31. The van der Waals surface area contributed by atoms with Crippen LogP contribution in [0.15, 0.2) is 12.1 Å². The zero-order valence-corrected chi connectivity index (χ0v) is 15.4. The van der Waals surface area contributed by atoms with E-state index >= 15 is 0 Å². The highest BCUT2D eigenvalue weighted by Crippen LogP contribution is 2.32. The summed E-state index contributed by atoms with van der Waals surface area (Å²) in [7, 11) is 1.44. The number of carbonyl (C=O) groups is 1. The predicted octanol–water partition coefficient (Wildman–Crippen LogP) is 2.38. The van der Waals surface area contributed by atoms with Gasteiger partial charge in [0.15, 0.2) is 0 Å². The van der Waals surface area contributed by atoms with E-state index in [0.29, 0.717) is 30.7 Å². The molecule has 1 aliphatic rings. The van der Waals surface area contributed by atoms with Crippen LogP contribution in [-0.2, 0) is 20.7 Å². The van der Waals surface area contributed by atoms with Crippen LogP contribution in [0.4, 0.5) is 10.1 Å². The van der Waals surface area contributed by atoms with Crippen molar-refractivity contribution in [1.29, 1.82) is 0 Å². The van der Waals surface area contributed by atoms with Gasteiger partial charge in [0.2, 0.25) is 12.3 Å². The van der Waals surface area contributed by atoms with Gasteiger partial charge in [-0.15, -0.1) is 0 Å². The summed E-state index contributed by atoms with van der Waals surface area (Å²) >= 11 is 0. The number of aliphatic hydroxyl groups is 1. The molecular weight excluding hydrogens is 327 g/mol. The van der Waals surface area contributed by atoms with Crippen LogP contribution in [0.5, 0.6) is 0 Å². The number of nitrogens with zero attached hydrogens (tertiary/aromatic N) is 1. The minimum Gasteiger partial charge on any atom is -0.359 e. The van der Waals surface area contributed by atoms with Gasteiger partial charge < -0.3 is 19.9 Å². The second kappa shape index (κ2) is 7.78. The molecule has 0 radical (unpaired) electrons. The van der Waals surface area contributed by atoms with Crippen molar-refractivity contribution in [2.75, 3.05) is 19.0 Å². The summed E-state index contributed by atoms with van der Waals surface area (Å²) in [5.41, 5.74) is 1.19. The molecule has 0 saturated carbocycles. The number of rotatable bonds is 6.